The number of amides is 3. The first-order chi connectivity index (χ1) is 9.92. The van der Waals surface area contributed by atoms with Crippen LogP contribution in [0.5, 0.6) is 0 Å². The Balaban J connectivity index is 2.40. The van der Waals surface area contributed by atoms with Crippen LogP contribution in [0.4, 0.5) is 4.79 Å². The van der Waals surface area contributed by atoms with Crippen molar-refractivity contribution >= 4 is 17.9 Å². The minimum Gasteiger partial charge on any atom is -0.481 e. The zero-order valence-electron chi connectivity index (χ0n) is 12.7. The van der Waals surface area contributed by atoms with Crippen molar-refractivity contribution in [2.24, 2.45) is 11.8 Å². The van der Waals surface area contributed by atoms with Crippen molar-refractivity contribution in [2.75, 3.05) is 26.2 Å². The molecule has 1 aliphatic rings. The van der Waals surface area contributed by atoms with Crippen LogP contribution in [0.2, 0.25) is 0 Å². The molecule has 0 spiro atoms. The van der Waals surface area contributed by atoms with E-state index in [1.54, 1.807) is 6.92 Å². The van der Waals surface area contributed by atoms with Crippen LogP contribution in [-0.2, 0) is 9.59 Å². The highest BCUT2D eigenvalue weighted by Crippen LogP contribution is 2.25. The molecule has 0 aliphatic carbocycles. The molecule has 21 heavy (non-hydrogen) atoms. The highest BCUT2D eigenvalue weighted by molar-refractivity contribution is 5.95. The third-order valence-corrected chi connectivity index (χ3v) is 3.80. The number of imide groups is 1. The van der Waals surface area contributed by atoms with E-state index >= 15 is 0 Å². The summed E-state index contributed by atoms with van der Waals surface area (Å²) in [5, 5.41) is 13.6. The summed E-state index contributed by atoms with van der Waals surface area (Å²) in [6.45, 7) is 5.88. The average Bonchev–Trinajstić information content (AvgIpc) is 2.38. The lowest BCUT2D eigenvalue weighted by atomic mass is 9.84. The molecule has 1 fully saturated rings. The summed E-state index contributed by atoms with van der Waals surface area (Å²) in [6.07, 6.45) is 2.09. The molecular weight excluding hydrogens is 274 g/mol. The van der Waals surface area contributed by atoms with Gasteiger partial charge in [-0.3, -0.25) is 19.8 Å². The van der Waals surface area contributed by atoms with Crippen LogP contribution < -0.4 is 10.6 Å². The zero-order valence-corrected chi connectivity index (χ0v) is 12.7. The second-order valence-electron chi connectivity index (χ2n) is 5.62. The van der Waals surface area contributed by atoms with E-state index in [0.29, 0.717) is 13.1 Å². The van der Waals surface area contributed by atoms with Crippen LogP contribution >= 0.6 is 0 Å². The number of nitrogens with one attached hydrogen (secondary N) is 2. The van der Waals surface area contributed by atoms with E-state index in [1.807, 2.05) is 11.8 Å². The summed E-state index contributed by atoms with van der Waals surface area (Å²) in [6, 6.07) is -0.477. The number of carboxylic acids is 1. The number of hydrogen-bond donors (Lipinski definition) is 3. The van der Waals surface area contributed by atoms with Gasteiger partial charge in [-0.2, -0.15) is 0 Å². The van der Waals surface area contributed by atoms with Crippen LogP contribution in [0.1, 0.15) is 33.1 Å². The lowest BCUT2D eigenvalue weighted by Gasteiger charge is -2.34. The first-order valence-electron chi connectivity index (χ1n) is 7.44. The van der Waals surface area contributed by atoms with Gasteiger partial charge in [0.15, 0.2) is 0 Å². The third-order valence-electron chi connectivity index (χ3n) is 3.80. The summed E-state index contributed by atoms with van der Waals surface area (Å²) in [5.41, 5.74) is 0. The van der Waals surface area contributed by atoms with Crippen molar-refractivity contribution in [3.63, 3.8) is 0 Å². The highest BCUT2D eigenvalue weighted by atomic mass is 16.4. The van der Waals surface area contributed by atoms with Gasteiger partial charge < -0.3 is 10.4 Å². The molecule has 2 atom stereocenters. The summed E-state index contributed by atoms with van der Waals surface area (Å²) >= 11 is 0. The van der Waals surface area contributed by atoms with Gasteiger partial charge in [0, 0.05) is 19.5 Å². The molecule has 7 nitrogen and oxygen atoms in total. The summed E-state index contributed by atoms with van der Waals surface area (Å²) in [5.74, 6) is -0.732. The van der Waals surface area contributed by atoms with Gasteiger partial charge in [0.05, 0.1) is 6.54 Å². The fraction of sp³-hybridized carbons (Fsp3) is 0.786. The highest BCUT2D eigenvalue weighted by Gasteiger charge is 2.27. The van der Waals surface area contributed by atoms with E-state index in [-0.39, 0.29) is 30.7 Å². The SMILES string of the molecule is CCNC(=O)NC(=O)CN1CCCC(C(C)CC(=O)O)C1. The maximum absolute atomic E-state index is 11.7. The lowest BCUT2D eigenvalue weighted by Crippen LogP contribution is -2.47. The van der Waals surface area contributed by atoms with E-state index in [1.165, 1.54) is 0 Å². The van der Waals surface area contributed by atoms with E-state index in [9.17, 15) is 14.4 Å². The summed E-state index contributed by atoms with van der Waals surface area (Å²) in [4.78, 5) is 35.8. The van der Waals surface area contributed by atoms with Gasteiger partial charge in [0.25, 0.3) is 0 Å². The Labute approximate surface area is 125 Å². The van der Waals surface area contributed by atoms with Gasteiger partial charge in [-0.1, -0.05) is 6.92 Å². The second kappa shape index (κ2) is 8.61. The number of rotatable bonds is 6. The average molecular weight is 299 g/mol. The van der Waals surface area contributed by atoms with Crippen molar-refractivity contribution in [3.05, 3.63) is 0 Å². The number of piperidine rings is 1. The fourth-order valence-electron chi connectivity index (χ4n) is 2.72. The van der Waals surface area contributed by atoms with Crippen molar-refractivity contribution in [2.45, 2.75) is 33.1 Å². The predicted octanol–water partition coefficient (Wildman–Crippen LogP) is 0.655. The molecular formula is C14H25N3O4. The van der Waals surface area contributed by atoms with Gasteiger partial charge in [0.1, 0.15) is 0 Å². The Morgan fingerprint density at radius 1 is 1.38 bits per heavy atom. The van der Waals surface area contributed by atoms with Crippen LogP contribution in [0, 0.1) is 11.8 Å². The number of carboxylic acid groups (broad SMARTS) is 1. The number of carbonyl (C=O) groups excluding carboxylic acids is 2. The number of hydrogen-bond acceptors (Lipinski definition) is 4. The molecule has 7 heteroatoms. The van der Waals surface area contributed by atoms with E-state index < -0.39 is 12.0 Å². The molecule has 0 bridgehead atoms. The standard InChI is InChI=1S/C14H25N3O4/c1-3-15-14(21)16-12(18)9-17-6-4-5-11(8-17)10(2)7-13(19)20/h10-11H,3-9H2,1-2H3,(H,19,20)(H2,15,16,18,21). The van der Waals surface area contributed by atoms with Crippen LogP contribution in [0.3, 0.4) is 0 Å². The molecule has 2 unspecified atom stereocenters. The molecule has 0 aromatic heterocycles. The van der Waals surface area contributed by atoms with Crippen LogP contribution in [0.25, 0.3) is 0 Å². The minimum absolute atomic E-state index is 0.0942. The number of carbonyl (C=O) groups is 3. The minimum atomic E-state index is -0.784. The maximum atomic E-state index is 11.7. The quantitative estimate of drug-likeness (QED) is 0.669. The Morgan fingerprint density at radius 2 is 2.10 bits per heavy atom. The molecule has 3 N–H and O–H groups in total. The predicted molar refractivity (Wildman–Crippen MR) is 77.8 cm³/mol. The molecule has 0 saturated carbocycles. The fourth-order valence-corrected chi connectivity index (χ4v) is 2.72. The molecule has 0 aromatic carbocycles. The molecule has 1 saturated heterocycles. The molecule has 1 rings (SSSR count). The molecule has 120 valence electrons. The van der Waals surface area contributed by atoms with E-state index in [4.69, 9.17) is 5.11 Å². The van der Waals surface area contributed by atoms with E-state index in [0.717, 1.165) is 19.4 Å². The largest absolute Gasteiger partial charge is 0.481 e. The monoisotopic (exact) mass is 299 g/mol. The molecule has 1 aliphatic heterocycles. The van der Waals surface area contributed by atoms with E-state index in [2.05, 4.69) is 10.6 Å². The Kier molecular flexibility index (Phi) is 7.14. The Bertz CT molecular complexity index is 386. The lowest BCUT2D eigenvalue weighted by molar-refractivity contribution is -0.138. The van der Waals surface area contributed by atoms with Gasteiger partial charge in [-0.15, -0.1) is 0 Å². The van der Waals surface area contributed by atoms with Crippen molar-refractivity contribution in [1.82, 2.24) is 15.5 Å². The Hall–Kier alpha value is -1.63. The van der Waals surface area contributed by atoms with Gasteiger partial charge in [-0.05, 0) is 38.1 Å². The van der Waals surface area contributed by atoms with Crippen LogP contribution in [-0.4, -0.2) is 54.1 Å². The first kappa shape index (κ1) is 17.4. The van der Waals surface area contributed by atoms with Crippen molar-refractivity contribution in [3.8, 4) is 0 Å². The number of urea groups is 1. The number of likely N-dealkylation sites (tertiary alicyclic amines) is 1. The normalized spacial score (nSPS) is 20.6. The summed E-state index contributed by atoms with van der Waals surface area (Å²) in [7, 11) is 0. The van der Waals surface area contributed by atoms with Crippen molar-refractivity contribution < 1.29 is 19.5 Å². The topological polar surface area (TPSA) is 98.7 Å². The van der Waals surface area contributed by atoms with Gasteiger partial charge in [0.2, 0.25) is 5.91 Å². The second-order valence-corrected chi connectivity index (χ2v) is 5.62. The van der Waals surface area contributed by atoms with Gasteiger partial charge in [-0.25, -0.2) is 4.79 Å². The molecule has 3 amide bonds. The number of aliphatic carboxylic acids is 1. The molecule has 0 aromatic rings. The van der Waals surface area contributed by atoms with Crippen molar-refractivity contribution in [1.29, 1.82) is 0 Å². The third kappa shape index (κ3) is 6.57. The van der Waals surface area contributed by atoms with Gasteiger partial charge >= 0.3 is 12.0 Å². The Morgan fingerprint density at radius 3 is 2.71 bits per heavy atom. The molecule has 1 heterocycles. The summed E-state index contributed by atoms with van der Waals surface area (Å²) < 4.78 is 0. The first-order valence-corrected chi connectivity index (χ1v) is 7.44. The maximum Gasteiger partial charge on any atom is 0.321 e. The molecule has 0 radical (unpaired) electrons. The smallest absolute Gasteiger partial charge is 0.321 e. The van der Waals surface area contributed by atoms with Crippen LogP contribution in [0.15, 0.2) is 0 Å². The zero-order chi connectivity index (χ0) is 15.8. The number of nitrogens with zero attached hydrogens (tertiary/aromatic N) is 1.